The van der Waals surface area contributed by atoms with Gasteiger partial charge in [-0.05, 0) is 12.1 Å². The minimum atomic E-state index is 0.150. The van der Waals surface area contributed by atoms with E-state index in [2.05, 4.69) is 23.8 Å². The predicted molar refractivity (Wildman–Crippen MR) is 92.6 cm³/mol. The van der Waals surface area contributed by atoms with Crippen LogP contribution >= 0.6 is 0 Å². The van der Waals surface area contributed by atoms with Gasteiger partial charge in [0.2, 0.25) is 0 Å². The van der Waals surface area contributed by atoms with Crippen molar-refractivity contribution >= 4 is 11.4 Å². The summed E-state index contributed by atoms with van der Waals surface area (Å²) >= 11 is 0. The van der Waals surface area contributed by atoms with Crippen LogP contribution in [0.4, 0.5) is 11.4 Å². The topological polar surface area (TPSA) is 64.5 Å². The molecule has 0 saturated carbocycles. The molecular formula is C18H20N2O2. The number of phenols is 2. The highest BCUT2D eigenvalue weighted by Gasteiger charge is 2.14. The summed E-state index contributed by atoms with van der Waals surface area (Å²) in [6, 6.07) is 10.6. The first-order valence-corrected chi connectivity index (χ1v) is 7.03. The lowest BCUT2D eigenvalue weighted by Crippen LogP contribution is -2.03. The zero-order valence-corrected chi connectivity index (χ0v) is 12.3. The van der Waals surface area contributed by atoms with Crippen molar-refractivity contribution in [2.45, 2.75) is 0 Å². The average Bonchev–Trinajstić information content (AvgIpc) is 2.52. The van der Waals surface area contributed by atoms with Crippen molar-refractivity contribution in [1.29, 1.82) is 0 Å². The monoisotopic (exact) mass is 296 g/mol. The van der Waals surface area contributed by atoms with Crippen molar-refractivity contribution in [2.75, 3.05) is 23.7 Å². The molecule has 0 spiro atoms. The van der Waals surface area contributed by atoms with E-state index in [0.717, 1.165) is 11.1 Å². The number of phenolic OH excluding ortho intramolecular Hbond substituents is 2. The lowest BCUT2D eigenvalue weighted by atomic mass is 10.00. The van der Waals surface area contributed by atoms with E-state index in [4.69, 9.17) is 0 Å². The van der Waals surface area contributed by atoms with Crippen molar-refractivity contribution in [3.63, 3.8) is 0 Å². The van der Waals surface area contributed by atoms with Crippen molar-refractivity contribution in [1.82, 2.24) is 0 Å². The third kappa shape index (κ3) is 3.23. The largest absolute Gasteiger partial charge is 0.506 e. The van der Waals surface area contributed by atoms with Gasteiger partial charge in [0, 0.05) is 24.2 Å². The summed E-state index contributed by atoms with van der Waals surface area (Å²) in [5, 5.41) is 26.5. The van der Waals surface area contributed by atoms with E-state index in [0.29, 0.717) is 24.5 Å². The Balaban J connectivity index is 2.56. The molecule has 0 aliphatic rings. The number of nitrogens with one attached hydrogen (secondary N) is 2. The highest BCUT2D eigenvalue weighted by molar-refractivity contribution is 5.90. The summed E-state index contributed by atoms with van der Waals surface area (Å²) in [7, 11) is 0. The van der Waals surface area contributed by atoms with Crippen LogP contribution in [0.1, 0.15) is 0 Å². The number of rotatable bonds is 7. The number of hydrogen-bond acceptors (Lipinski definition) is 4. The fraction of sp³-hybridized carbons (Fsp3) is 0.111. The van der Waals surface area contributed by atoms with Crippen LogP contribution < -0.4 is 10.6 Å². The number of aromatic hydroxyl groups is 2. The molecule has 0 amide bonds. The van der Waals surface area contributed by atoms with Crippen LogP contribution in [0.5, 0.6) is 11.5 Å². The van der Waals surface area contributed by atoms with Gasteiger partial charge in [-0.1, -0.05) is 36.4 Å². The Morgan fingerprint density at radius 2 is 1.18 bits per heavy atom. The minimum Gasteiger partial charge on any atom is -0.506 e. The van der Waals surface area contributed by atoms with E-state index >= 15 is 0 Å². The maximum atomic E-state index is 10.1. The lowest BCUT2D eigenvalue weighted by Gasteiger charge is -2.17. The van der Waals surface area contributed by atoms with Gasteiger partial charge < -0.3 is 20.8 Å². The summed E-state index contributed by atoms with van der Waals surface area (Å²) in [5.74, 6) is 0.301. The first-order chi connectivity index (χ1) is 10.7. The number of hydrogen-bond donors (Lipinski definition) is 4. The maximum absolute atomic E-state index is 10.1. The van der Waals surface area contributed by atoms with Crippen LogP contribution in [0.2, 0.25) is 0 Å². The van der Waals surface area contributed by atoms with E-state index in [9.17, 15) is 10.2 Å². The second-order valence-electron chi connectivity index (χ2n) is 4.74. The Kier molecular flexibility index (Phi) is 5.09. The standard InChI is InChI=1S/C18H20N2O2/c1-3-11-19-17-13(7-5-9-15(17)21)14-8-6-10-16(22)18(14)20-12-4-2/h3-10,19-22H,1-2,11-12H2. The normalized spacial score (nSPS) is 10.0. The highest BCUT2D eigenvalue weighted by Crippen LogP contribution is 2.41. The van der Waals surface area contributed by atoms with E-state index in [-0.39, 0.29) is 11.5 Å². The minimum absolute atomic E-state index is 0.150. The Morgan fingerprint density at radius 1 is 0.773 bits per heavy atom. The van der Waals surface area contributed by atoms with Gasteiger partial charge in [0.05, 0.1) is 11.4 Å². The van der Waals surface area contributed by atoms with Crippen LogP contribution in [0.3, 0.4) is 0 Å². The smallest absolute Gasteiger partial charge is 0.139 e. The third-order valence-electron chi connectivity index (χ3n) is 3.22. The molecule has 0 bridgehead atoms. The number of anilines is 2. The van der Waals surface area contributed by atoms with E-state index in [1.54, 1.807) is 36.4 Å². The Morgan fingerprint density at radius 3 is 1.55 bits per heavy atom. The molecular weight excluding hydrogens is 276 g/mol. The van der Waals surface area contributed by atoms with Gasteiger partial charge in [0.25, 0.3) is 0 Å². The van der Waals surface area contributed by atoms with Crippen LogP contribution in [-0.4, -0.2) is 23.3 Å². The number of para-hydroxylation sites is 2. The Hall–Kier alpha value is -2.88. The molecule has 4 N–H and O–H groups in total. The number of benzene rings is 2. The van der Waals surface area contributed by atoms with Gasteiger partial charge in [-0.3, -0.25) is 0 Å². The summed E-state index contributed by atoms with van der Waals surface area (Å²) in [5.41, 5.74) is 2.80. The average molecular weight is 296 g/mol. The first-order valence-electron chi connectivity index (χ1n) is 7.03. The molecule has 4 nitrogen and oxygen atoms in total. The quantitative estimate of drug-likeness (QED) is 0.461. The van der Waals surface area contributed by atoms with Crippen LogP contribution in [0.25, 0.3) is 11.1 Å². The molecule has 0 aliphatic heterocycles. The predicted octanol–water partition coefficient (Wildman–Crippen LogP) is 3.96. The van der Waals surface area contributed by atoms with Crippen molar-refractivity contribution in [3.8, 4) is 22.6 Å². The molecule has 22 heavy (non-hydrogen) atoms. The van der Waals surface area contributed by atoms with E-state index in [1.807, 2.05) is 12.1 Å². The molecule has 4 heteroatoms. The molecule has 0 unspecified atom stereocenters. The molecule has 0 atom stereocenters. The highest BCUT2D eigenvalue weighted by atomic mass is 16.3. The molecule has 0 aliphatic carbocycles. The van der Waals surface area contributed by atoms with Gasteiger partial charge in [0.1, 0.15) is 11.5 Å². The van der Waals surface area contributed by atoms with Crippen molar-refractivity contribution < 1.29 is 10.2 Å². The van der Waals surface area contributed by atoms with Crippen LogP contribution in [0.15, 0.2) is 61.7 Å². The fourth-order valence-corrected chi connectivity index (χ4v) is 2.25. The molecule has 2 aromatic carbocycles. The second-order valence-corrected chi connectivity index (χ2v) is 4.74. The van der Waals surface area contributed by atoms with Gasteiger partial charge in [0.15, 0.2) is 0 Å². The zero-order valence-electron chi connectivity index (χ0n) is 12.3. The SMILES string of the molecule is C=CCNc1c(O)cccc1-c1cccc(O)c1NCC=C. The molecule has 0 radical (unpaired) electrons. The van der Waals surface area contributed by atoms with Crippen molar-refractivity contribution in [3.05, 3.63) is 61.7 Å². The summed E-state index contributed by atoms with van der Waals surface area (Å²) in [4.78, 5) is 0. The van der Waals surface area contributed by atoms with Gasteiger partial charge in [-0.25, -0.2) is 0 Å². The summed E-state index contributed by atoms with van der Waals surface area (Å²) < 4.78 is 0. The molecule has 0 saturated heterocycles. The first kappa shape index (κ1) is 15.5. The van der Waals surface area contributed by atoms with Gasteiger partial charge >= 0.3 is 0 Å². The molecule has 114 valence electrons. The van der Waals surface area contributed by atoms with Crippen LogP contribution in [-0.2, 0) is 0 Å². The summed E-state index contributed by atoms with van der Waals surface area (Å²) in [6.07, 6.45) is 3.44. The van der Waals surface area contributed by atoms with Crippen LogP contribution in [0, 0.1) is 0 Å². The molecule has 0 aromatic heterocycles. The Labute approximate surface area is 130 Å². The van der Waals surface area contributed by atoms with Crippen molar-refractivity contribution in [2.24, 2.45) is 0 Å². The van der Waals surface area contributed by atoms with E-state index < -0.39 is 0 Å². The molecule has 2 rings (SSSR count). The molecule has 0 heterocycles. The molecule has 0 fully saturated rings. The third-order valence-corrected chi connectivity index (χ3v) is 3.22. The van der Waals surface area contributed by atoms with Gasteiger partial charge in [-0.2, -0.15) is 0 Å². The second kappa shape index (κ2) is 7.22. The van der Waals surface area contributed by atoms with E-state index in [1.165, 1.54) is 0 Å². The lowest BCUT2D eigenvalue weighted by molar-refractivity contribution is 0.476. The summed E-state index contributed by atoms with van der Waals surface area (Å²) in [6.45, 7) is 8.40. The van der Waals surface area contributed by atoms with Gasteiger partial charge in [-0.15, -0.1) is 13.2 Å². The molecule has 2 aromatic rings. The Bertz CT molecular complexity index is 621. The maximum Gasteiger partial charge on any atom is 0.139 e. The zero-order chi connectivity index (χ0) is 15.9. The fourth-order valence-electron chi connectivity index (χ4n) is 2.25.